The predicted octanol–water partition coefficient (Wildman–Crippen LogP) is 4.46. The first-order valence-electron chi connectivity index (χ1n) is 8.22. The van der Waals surface area contributed by atoms with Crippen molar-refractivity contribution < 1.29 is 14.3 Å². The van der Waals surface area contributed by atoms with Gasteiger partial charge in [0, 0.05) is 17.1 Å². The van der Waals surface area contributed by atoms with Gasteiger partial charge >= 0.3 is 0 Å². The van der Waals surface area contributed by atoms with Gasteiger partial charge in [-0.15, -0.1) is 0 Å². The van der Waals surface area contributed by atoms with Crippen LogP contribution in [0.5, 0.6) is 11.5 Å². The van der Waals surface area contributed by atoms with Crippen LogP contribution < -0.4 is 20.1 Å². The van der Waals surface area contributed by atoms with Gasteiger partial charge in [0.25, 0.3) is 5.91 Å². The quantitative estimate of drug-likeness (QED) is 0.662. The maximum atomic E-state index is 12.1. The lowest BCUT2D eigenvalue weighted by Gasteiger charge is -2.11. The van der Waals surface area contributed by atoms with E-state index in [0.29, 0.717) is 17.2 Å². The number of nitrogens with one attached hydrogen (secondary N) is 2. The van der Waals surface area contributed by atoms with Crippen LogP contribution in [-0.2, 0) is 4.79 Å². The molecule has 2 N–H and O–H groups in total. The summed E-state index contributed by atoms with van der Waals surface area (Å²) >= 11 is 0. The predicted molar refractivity (Wildman–Crippen MR) is 103 cm³/mol. The fourth-order valence-corrected chi connectivity index (χ4v) is 2.40. The van der Waals surface area contributed by atoms with Crippen molar-refractivity contribution >= 4 is 23.0 Å². The van der Waals surface area contributed by atoms with Gasteiger partial charge in [-0.3, -0.25) is 4.79 Å². The summed E-state index contributed by atoms with van der Waals surface area (Å²) < 4.78 is 10.7. The molecule has 0 atom stereocenters. The highest BCUT2D eigenvalue weighted by atomic mass is 16.5. The fraction of sp³-hybridized carbons (Fsp3) is 0.0952. The molecule has 3 rings (SSSR count). The molecule has 0 aliphatic carbocycles. The van der Waals surface area contributed by atoms with Gasteiger partial charge in [0.15, 0.2) is 18.1 Å². The van der Waals surface area contributed by atoms with Gasteiger partial charge in [-0.05, 0) is 48.5 Å². The molecule has 5 heteroatoms. The van der Waals surface area contributed by atoms with Gasteiger partial charge in [0.1, 0.15) is 0 Å². The third kappa shape index (κ3) is 4.77. The highest BCUT2D eigenvalue weighted by molar-refractivity contribution is 5.92. The first kappa shape index (κ1) is 17.4. The zero-order valence-electron chi connectivity index (χ0n) is 14.4. The molecule has 1 amide bonds. The molecule has 3 aromatic carbocycles. The van der Waals surface area contributed by atoms with Crippen LogP contribution in [0.2, 0.25) is 0 Å². The number of hydrogen-bond acceptors (Lipinski definition) is 4. The third-order valence-electron chi connectivity index (χ3n) is 3.66. The Morgan fingerprint density at radius 1 is 0.769 bits per heavy atom. The second-order valence-corrected chi connectivity index (χ2v) is 5.56. The molecule has 0 aromatic heterocycles. The van der Waals surface area contributed by atoms with Crippen LogP contribution in [0.15, 0.2) is 78.9 Å². The van der Waals surface area contributed by atoms with Crippen molar-refractivity contribution in [3.8, 4) is 11.5 Å². The van der Waals surface area contributed by atoms with Crippen molar-refractivity contribution in [2.45, 2.75) is 0 Å². The average molecular weight is 348 g/mol. The van der Waals surface area contributed by atoms with Crippen molar-refractivity contribution in [2.24, 2.45) is 0 Å². The molecule has 132 valence electrons. The number of rotatable bonds is 7. The number of para-hydroxylation sites is 3. The van der Waals surface area contributed by atoms with Gasteiger partial charge in [-0.25, -0.2) is 0 Å². The average Bonchev–Trinajstić information content (AvgIpc) is 2.69. The van der Waals surface area contributed by atoms with E-state index in [2.05, 4.69) is 10.6 Å². The number of benzene rings is 3. The maximum absolute atomic E-state index is 12.1. The molecule has 0 spiro atoms. The number of ether oxygens (including phenoxy) is 2. The summed E-state index contributed by atoms with van der Waals surface area (Å²) in [5.41, 5.74) is 2.66. The maximum Gasteiger partial charge on any atom is 0.262 e. The fourth-order valence-electron chi connectivity index (χ4n) is 2.40. The molecule has 0 saturated carbocycles. The van der Waals surface area contributed by atoms with E-state index in [4.69, 9.17) is 9.47 Å². The van der Waals surface area contributed by atoms with E-state index in [9.17, 15) is 4.79 Å². The van der Waals surface area contributed by atoms with Crippen LogP contribution in [0, 0.1) is 0 Å². The third-order valence-corrected chi connectivity index (χ3v) is 3.66. The van der Waals surface area contributed by atoms with Crippen LogP contribution in [0.3, 0.4) is 0 Å². The molecule has 0 fully saturated rings. The summed E-state index contributed by atoms with van der Waals surface area (Å²) in [4.78, 5) is 12.1. The highest BCUT2D eigenvalue weighted by Gasteiger charge is 2.07. The molecule has 0 saturated heterocycles. The van der Waals surface area contributed by atoms with Crippen LogP contribution in [-0.4, -0.2) is 19.6 Å². The van der Waals surface area contributed by atoms with Crippen LogP contribution in [0.25, 0.3) is 0 Å². The Hall–Kier alpha value is -3.47. The van der Waals surface area contributed by atoms with Gasteiger partial charge in [-0.1, -0.05) is 30.3 Å². The minimum Gasteiger partial charge on any atom is -0.493 e. The second kappa shape index (κ2) is 8.58. The summed E-state index contributed by atoms with van der Waals surface area (Å²) in [5.74, 6) is 0.892. The number of carbonyl (C=O) groups is 1. The molecule has 0 unspecified atom stereocenters. The van der Waals surface area contributed by atoms with Crippen molar-refractivity contribution in [1.82, 2.24) is 0 Å². The Morgan fingerprint density at radius 3 is 2.04 bits per heavy atom. The standard InChI is InChI=1S/C21H20N2O3/c1-25-19-9-5-6-10-20(19)26-15-21(24)23-18-13-11-17(12-14-18)22-16-7-3-2-4-8-16/h2-14,22H,15H2,1H3,(H,23,24). The Kier molecular flexibility index (Phi) is 5.72. The Labute approximate surface area is 152 Å². The summed E-state index contributed by atoms with van der Waals surface area (Å²) in [6.45, 7) is -0.0929. The van der Waals surface area contributed by atoms with Crippen LogP contribution >= 0.6 is 0 Å². The summed E-state index contributed by atoms with van der Waals surface area (Å²) in [6.07, 6.45) is 0. The van der Waals surface area contributed by atoms with Crippen molar-refractivity contribution in [1.29, 1.82) is 0 Å². The van der Waals surface area contributed by atoms with Crippen molar-refractivity contribution in [3.05, 3.63) is 78.9 Å². The minimum atomic E-state index is -0.236. The Balaban J connectivity index is 1.53. The normalized spacial score (nSPS) is 10.0. The van der Waals surface area contributed by atoms with E-state index < -0.39 is 0 Å². The van der Waals surface area contributed by atoms with Crippen molar-refractivity contribution in [2.75, 3.05) is 24.4 Å². The first-order chi connectivity index (χ1) is 12.7. The molecule has 0 heterocycles. The molecule has 3 aromatic rings. The Bertz CT molecular complexity index is 849. The Morgan fingerprint density at radius 2 is 1.35 bits per heavy atom. The minimum absolute atomic E-state index is 0.0929. The molecular formula is C21H20N2O3. The largest absolute Gasteiger partial charge is 0.493 e. The number of hydrogen-bond donors (Lipinski definition) is 2. The lowest BCUT2D eigenvalue weighted by atomic mass is 10.2. The lowest BCUT2D eigenvalue weighted by Crippen LogP contribution is -2.20. The second-order valence-electron chi connectivity index (χ2n) is 5.56. The summed E-state index contributed by atoms with van der Waals surface area (Å²) in [6, 6.07) is 24.6. The van der Waals surface area contributed by atoms with E-state index in [1.807, 2.05) is 66.7 Å². The molecule has 0 radical (unpaired) electrons. The highest BCUT2D eigenvalue weighted by Crippen LogP contribution is 2.25. The van der Waals surface area contributed by atoms with Gasteiger partial charge in [0.05, 0.1) is 7.11 Å². The number of anilines is 3. The zero-order chi connectivity index (χ0) is 18.2. The van der Waals surface area contributed by atoms with E-state index in [-0.39, 0.29) is 12.5 Å². The number of amides is 1. The van der Waals surface area contributed by atoms with E-state index in [0.717, 1.165) is 11.4 Å². The van der Waals surface area contributed by atoms with Crippen LogP contribution in [0.1, 0.15) is 0 Å². The molecule has 0 bridgehead atoms. The monoisotopic (exact) mass is 348 g/mol. The van der Waals surface area contributed by atoms with Gasteiger partial charge in [0.2, 0.25) is 0 Å². The van der Waals surface area contributed by atoms with Crippen molar-refractivity contribution in [3.63, 3.8) is 0 Å². The summed E-state index contributed by atoms with van der Waals surface area (Å²) in [5, 5.41) is 6.10. The van der Waals surface area contributed by atoms with E-state index in [1.54, 1.807) is 19.2 Å². The lowest BCUT2D eigenvalue weighted by molar-refractivity contribution is -0.118. The number of carbonyl (C=O) groups excluding carboxylic acids is 1. The SMILES string of the molecule is COc1ccccc1OCC(=O)Nc1ccc(Nc2ccccc2)cc1. The zero-order valence-corrected chi connectivity index (χ0v) is 14.4. The van der Waals surface area contributed by atoms with Gasteiger partial charge < -0.3 is 20.1 Å². The molecule has 5 nitrogen and oxygen atoms in total. The number of methoxy groups -OCH3 is 1. The van der Waals surface area contributed by atoms with E-state index in [1.165, 1.54) is 0 Å². The molecule has 26 heavy (non-hydrogen) atoms. The van der Waals surface area contributed by atoms with E-state index >= 15 is 0 Å². The molecular weight excluding hydrogens is 328 g/mol. The molecule has 0 aliphatic rings. The molecule has 0 aliphatic heterocycles. The topological polar surface area (TPSA) is 59.6 Å². The van der Waals surface area contributed by atoms with Crippen LogP contribution in [0.4, 0.5) is 17.1 Å². The first-order valence-corrected chi connectivity index (χ1v) is 8.22. The smallest absolute Gasteiger partial charge is 0.262 e. The van der Waals surface area contributed by atoms with Gasteiger partial charge in [-0.2, -0.15) is 0 Å². The summed E-state index contributed by atoms with van der Waals surface area (Å²) in [7, 11) is 1.56.